The number of nitrogens with zero attached hydrogens (tertiary/aromatic N) is 1. The first-order valence-corrected chi connectivity index (χ1v) is 8.49. The van der Waals surface area contributed by atoms with Crippen LogP contribution in [0.5, 0.6) is 0 Å². The summed E-state index contributed by atoms with van der Waals surface area (Å²) < 4.78 is 12.3. The zero-order chi connectivity index (χ0) is 17.1. The van der Waals surface area contributed by atoms with Crippen LogP contribution in [0.15, 0.2) is 18.2 Å². The predicted molar refractivity (Wildman–Crippen MR) is 94.2 cm³/mol. The number of hydrogen-bond donors (Lipinski definition) is 1. The van der Waals surface area contributed by atoms with Crippen molar-refractivity contribution in [2.75, 3.05) is 6.54 Å². The van der Waals surface area contributed by atoms with Crippen molar-refractivity contribution >= 4 is 29.9 Å². The van der Waals surface area contributed by atoms with Gasteiger partial charge in [0.1, 0.15) is 0 Å². The van der Waals surface area contributed by atoms with Gasteiger partial charge in [0.25, 0.3) is 0 Å². The lowest BCUT2D eigenvalue weighted by Crippen LogP contribution is -2.41. The van der Waals surface area contributed by atoms with Crippen molar-refractivity contribution in [1.82, 2.24) is 9.88 Å². The Morgan fingerprint density at radius 2 is 1.92 bits per heavy atom. The fourth-order valence-electron chi connectivity index (χ4n) is 3.47. The number of nitrogens with one attached hydrogen (secondary N) is 1. The lowest BCUT2D eigenvalue weighted by Gasteiger charge is -2.32. The molecule has 0 bridgehead atoms. The van der Waals surface area contributed by atoms with Crippen LogP contribution in [0.1, 0.15) is 39.0 Å². The molecule has 2 aliphatic heterocycles. The molecule has 6 heteroatoms. The minimum atomic E-state index is -0.365. The van der Waals surface area contributed by atoms with Gasteiger partial charge in [-0.3, -0.25) is 4.79 Å². The van der Waals surface area contributed by atoms with Gasteiger partial charge in [0.05, 0.1) is 11.2 Å². The number of carbonyl (C=O) groups is 1. The predicted octanol–water partition coefficient (Wildman–Crippen LogP) is 1.98. The first-order chi connectivity index (χ1) is 11.3. The topological polar surface area (TPSA) is 54.6 Å². The number of rotatable bonds is 2. The van der Waals surface area contributed by atoms with E-state index in [-0.39, 0.29) is 18.3 Å². The van der Waals surface area contributed by atoms with E-state index in [9.17, 15) is 4.79 Å². The maximum absolute atomic E-state index is 11.1. The third-order valence-corrected chi connectivity index (χ3v) is 5.70. The second kappa shape index (κ2) is 5.10. The molecule has 1 amide bonds. The van der Waals surface area contributed by atoms with Gasteiger partial charge >= 0.3 is 7.12 Å². The summed E-state index contributed by atoms with van der Waals surface area (Å²) in [6.07, 6.45) is 1.80. The zero-order valence-electron chi connectivity index (χ0n) is 14.7. The van der Waals surface area contributed by atoms with E-state index in [2.05, 4.69) is 50.9 Å². The highest BCUT2D eigenvalue weighted by atomic mass is 16.7. The van der Waals surface area contributed by atoms with Crippen LogP contribution in [0.2, 0.25) is 0 Å². The molecule has 1 saturated heterocycles. The number of carbonyl (C=O) groups excluding carboxylic acids is 1. The Balaban J connectivity index is 1.73. The summed E-state index contributed by atoms with van der Waals surface area (Å²) in [7, 11) is -0.365. The molecule has 0 spiro atoms. The van der Waals surface area contributed by atoms with Gasteiger partial charge in [-0.15, -0.1) is 0 Å². The third kappa shape index (κ3) is 2.28. The number of benzene rings is 1. The molecule has 2 aliphatic rings. The smallest absolute Gasteiger partial charge is 0.399 e. The third-order valence-electron chi connectivity index (χ3n) is 5.70. The van der Waals surface area contributed by atoms with E-state index in [0.717, 1.165) is 35.7 Å². The molecule has 3 heterocycles. The van der Waals surface area contributed by atoms with Gasteiger partial charge in [0.2, 0.25) is 6.41 Å². The van der Waals surface area contributed by atoms with Crippen LogP contribution >= 0.6 is 0 Å². The molecule has 0 unspecified atom stereocenters. The standard InChI is InChI=1S/C18H23BN2O3/c1-17(2)18(3,4)24-19(23-17)12-5-6-15-13(9-12)14-10-21(11-22)8-7-16(14)20-15/h5-6,9,11,20H,7-8,10H2,1-4H3. The summed E-state index contributed by atoms with van der Waals surface area (Å²) in [4.78, 5) is 16.4. The SMILES string of the molecule is CC1(C)OB(c2ccc3[nH]c4c(c3c2)CN(C=O)CC4)OC1(C)C. The van der Waals surface area contributed by atoms with Crippen LogP contribution in [-0.4, -0.2) is 41.2 Å². The molecule has 0 aliphatic carbocycles. The van der Waals surface area contributed by atoms with Gasteiger partial charge < -0.3 is 19.2 Å². The van der Waals surface area contributed by atoms with Crippen LogP contribution < -0.4 is 5.46 Å². The summed E-state index contributed by atoms with van der Waals surface area (Å²) in [5.74, 6) is 0. The van der Waals surface area contributed by atoms with Crippen LogP contribution in [0.3, 0.4) is 0 Å². The summed E-state index contributed by atoms with van der Waals surface area (Å²) in [5, 5.41) is 1.16. The fourth-order valence-corrected chi connectivity index (χ4v) is 3.47. The monoisotopic (exact) mass is 326 g/mol. The Kier molecular flexibility index (Phi) is 3.34. The Labute approximate surface area is 142 Å². The van der Waals surface area contributed by atoms with Crippen molar-refractivity contribution in [3.05, 3.63) is 29.5 Å². The van der Waals surface area contributed by atoms with Crippen LogP contribution in [0, 0.1) is 0 Å². The first kappa shape index (κ1) is 15.7. The number of amides is 1. The van der Waals surface area contributed by atoms with Gasteiger partial charge in [0.15, 0.2) is 0 Å². The maximum Gasteiger partial charge on any atom is 0.494 e. The highest BCUT2D eigenvalue weighted by Gasteiger charge is 2.51. The van der Waals surface area contributed by atoms with E-state index in [1.807, 2.05) is 4.90 Å². The van der Waals surface area contributed by atoms with Gasteiger partial charge in [0, 0.05) is 41.7 Å². The molecule has 0 atom stereocenters. The lowest BCUT2D eigenvalue weighted by molar-refractivity contribution is -0.118. The van der Waals surface area contributed by atoms with Crippen LogP contribution in [0.25, 0.3) is 10.9 Å². The summed E-state index contributed by atoms with van der Waals surface area (Å²) in [6.45, 7) is 9.67. The Morgan fingerprint density at radius 3 is 2.58 bits per heavy atom. The van der Waals surface area contributed by atoms with E-state index in [1.54, 1.807) is 0 Å². The average Bonchev–Trinajstić information content (AvgIpc) is 3.00. The molecule has 24 heavy (non-hydrogen) atoms. The second-order valence-electron chi connectivity index (χ2n) is 7.80. The summed E-state index contributed by atoms with van der Waals surface area (Å²) >= 11 is 0. The molecule has 2 aromatic rings. The normalized spacial score (nSPS) is 22.0. The molecule has 1 N–H and O–H groups in total. The molecule has 1 aromatic carbocycles. The number of hydrogen-bond acceptors (Lipinski definition) is 3. The average molecular weight is 326 g/mol. The van der Waals surface area contributed by atoms with Gasteiger partial charge in [-0.25, -0.2) is 0 Å². The quantitative estimate of drug-likeness (QED) is 0.678. The van der Waals surface area contributed by atoms with E-state index in [0.29, 0.717) is 6.54 Å². The van der Waals surface area contributed by atoms with Crippen molar-refractivity contribution < 1.29 is 14.1 Å². The summed E-state index contributed by atoms with van der Waals surface area (Å²) in [5.41, 5.74) is 3.87. The van der Waals surface area contributed by atoms with E-state index in [4.69, 9.17) is 9.31 Å². The second-order valence-corrected chi connectivity index (χ2v) is 7.80. The van der Waals surface area contributed by atoms with Crippen LogP contribution in [-0.2, 0) is 27.1 Å². The Bertz CT molecular complexity index is 796. The van der Waals surface area contributed by atoms with Crippen molar-refractivity contribution in [3.8, 4) is 0 Å². The number of fused-ring (bicyclic) bond motifs is 3. The molecule has 4 rings (SSSR count). The molecular formula is C18H23BN2O3. The van der Waals surface area contributed by atoms with Gasteiger partial charge in [-0.2, -0.15) is 0 Å². The molecule has 0 radical (unpaired) electrons. The number of aromatic nitrogens is 1. The first-order valence-electron chi connectivity index (χ1n) is 8.49. The highest BCUT2D eigenvalue weighted by molar-refractivity contribution is 6.62. The molecule has 1 aromatic heterocycles. The minimum absolute atomic E-state index is 0.349. The number of H-pyrrole nitrogens is 1. The lowest BCUT2D eigenvalue weighted by atomic mass is 9.78. The van der Waals surface area contributed by atoms with Crippen molar-refractivity contribution in [2.24, 2.45) is 0 Å². The molecule has 0 saturated carbocycles. The molecular weight excluding hydrogens is 303 g/mol. The molecule has 1 fully saturated rings. The molecule has 5 nitrogen and oxygen atoms in total. The van der Waals surface area contributed by atoms with Crippen molar-refractivity contribution in [2.45, 2.75) is 51.9 Å². The van der Waals surface area contributed by atoms with E-state index >= 15 is 0 Å². The van der Waals surface area contributed by atoms with E-state index < -0.39 is 0 Å². The number of aromatic amines is 1. The van der Waals surface area contributed by atoms with Crippen molar-refractivity contribution in [3.63, 3.8) is 0 Å². The minimum Gasteiger partial charge on any atom is -0.399 e. The zero-order valence-corrected chi connectivity index (χ0v) is 14.7. The highest BCUT2D eigenvalue weighted by Crippen LogP contribution is 2.37. The van der Waals surface area contributed by atoms with E-state index in [1.165, 1.54) is 11.3 Å². The molecule has 126 valence electrons. The van der Waals surface area contributed by atoms with Crippen molar-refractivity contribution in [1.29, 1.82) is 0 Å². The van der Waals surface area contributed by atoms with Gasteiger partial charge in [-0.1, -0.05) is 12.1 Å². The Morgan fingerprint density at radius 1 is 1.21 bits per heavy atom. The van der Waals surface area contributed by atoms with Crippen LogP contribution in [0.4, 0.5) is 0 Å². The Hall–Kier alpha value is -1.79. The largest absolute Gasteiger partial charge is 0.494 e. The fraction of sp³-hybridized carbons (Fsp3) is 0.500. The maximum atomic E-state index is 11.1. The van der Waals surface area contributed by atoms with Gasteiger partial charge in [-0.05, 0) is 39.2 Å². The summed E-state index contributed by atoms with van der Waals surface area (Å²) in [6, 6.07) is 6.28.